The van der Waals surface area contributed by atoms with Crippen molar-refractivity contribution in [3.63, 3.8) is 0 Å². The van der Waals surface area contributed by atoms with E-state index in [1.165, 1.54) is 17.3 Å². The van der Waals surface area contributed by atoms with Gasteiger partial charge in [-0.3, -0.25) is 0 Å². The quantitative estimate of drug-likeness (QED) is 0.748. The Labute approximate surface area is 125 Å². The summed E-state index contributed by atoms with van der Waals surface area (Å²) < 4.78 is 12.6. The van der Waals surface area contributed by atoms with E-state index in [0.29, 0.717) is 17.9 Å². The van der Waals surface area contributed by atoms with Gasteiger partial charge in [0.25, 0.3) is 0 Å². The van der Waals surface area contributed by atoms with E-state index >= 15 is 0 Å². The molecular formula is C16H25BrO2. The van der Waals surface area contributed by atoms with Crippen LogP contribution in [0.3, 0.4) is 0 Å². The molecule has 0 aromatic heterocycles. The topological polar surface area (TPSA) is 18.5 Å². The van der Waals surface area contributed by atoms with Crippen molar-refractivity contribution in [3.8, 4) is 0 Å². The molecule has 0 bridgehead atoms. The smallest absolute Gasteiger partial charge is 0.0553 e. The first-order chi connectivity index (χ1) is 9.22. The highest BCUT2D eigenvalue weighted by Crippen LogP contribution is 2.41. The fraction of sp³-hybridized carbons (Fsp3) is 0.750. The summed E-state index contributed by atoms with van der Waals surface area (Å²) in [6, 6.07) is 0. The molecule has 1 aliphatic heterocycles. The molecule has 0 aromatic carbocycles. The predicted octanol–water partition coefficient (Wildman–Crippen LogP) is 4.31. The maximum atomic E-state index is 5.73. The van der Waals surface area contributed by atoms with Crippen LogP contribution in [0.5, 0.6) is 0 Å². The predicted molar refractivity (Wildman–Crippen MR) is 82.4 cm³/mol. The van der Waals surface area contributed by atoms with Crippen LogP contribution in [0.4, 0.5) is 0 Å². The van der Waals surface area contributed by atoms with Gasteiger partial charge in [-0.1, -0.05) is 34.2 Å². The van der Waals surface area contributed by atoms with Gasteiger partial charge in [-0.2, -0.15) is 0 Å². The van der Waals surface area contributed by atoms with Gasteiger partial charge in [0.05, 0.1) is 6.10 Å². The fourth-order valence-corrected chi connectivity index (χ4v) is 3.93. The first-order valence-corrected chi connectivity index (χ1v) is 8.25. The molecule has 1 fully saturated rings. The molecular weight excluding hydrogens is 304 g/mol. The van der Waals surface area contributed by atoms with Gasteiger partial charge in [0.2, 0.25) is 0 Å². The zero-order valence-corrected chi connectivity index (χ0v) is 13.6. The Morgan fingerprint density at radius 1 is 1.42 bits per heavy atom. The lowest BCUT2D eigenvalue weighted by molar-refractivity contribution is 0.0304. The molecule has 2 nitrogen and oxygen atoms in total. The number of hydrogen-bond acceptors (Lipinski definition) is 2. The molecule has 1 saturated heterocycles. The number of allylic oxidation sites excluding steroid dienone is 4. The zero-order valence-electron chi connectivity index (χ0n) is 12.0. The Hall–Kier alpha value is -0.120. The van der Waals surface area contributed by atoms with Crippen molar-refractivity contribution in [1.29, 1.82) is 0 Å². The van der Waals surface area contributed by atoms with Crippen LogP contribution < -0.4 is 0 Å². The monoisotopic (exact) mass is 328 g/mol. The van der Waals surface area contributed by atoms with E-state index in [2.05, 4.69) is 48.0 Å². The minimum absolute atomic E-state index is 0.324. The van der Waals surface area contributed by atoms with Gasteiger partial charge in [-0.15, -0.1) is 0 Å². The van der Waals surface area contributed by atoms with Gasteiger partial charge in [0.15, 0.2) is 0 Å². The van der Waals surface area contributed by atoms with Gasteiger partial charge in [0.1, 0.15) is 0 Å². The molecule has 108 valence electrons. The van der Waals surface area contributed by atoms with Gasteiger partial charge in [-0.25, -0.2) is 0 Å². The molecule has 0 saturated carbocycles. The number of ether oxygens (including phenoxy) is 2. The normalized spacial score (nSPS) is 30.2. The minimum atomic E-state index is 0.324. The highest BCUT2D eigenvalue weighted by atomic mass is 79.9. The van der Waals surface area contributed by atoms with Crippen molar-refractivity contribution in [2.75, 3.05) is 19.8 Å². The maximum absolute atomic E-state index is 5.73. The van der Waals surface area contributed by atoms with Crippen molar-refractivity contribution in [2.45, 2.75) is 39.2 Å². The van der Waals surface area contributed by atoms with E-state index in [0.717, 1.165) is 32.2 Å². The standard InChI is InChI=1S/C16H25BrO2/c1-3-19-12(2)11-15-14(5-4-6-16(15)17)13-7-9-18-10-8-13/h4-6,12-15H,3,7-11H2,1-2H3/t12?,14?,15-/m1/s1. The molecule has 2 aliphatic rings. The van der Waals surface area contributed by atoms with Gasteiger partial charge >= 0.3 is 0 Å². The third kappa shape index (κ3) is 4.17. The lowest BCUT2D eigenvalue weighted by atomic mass is 9.74. The maximum Gasteiger partial charge on any atom is 0.0553 e. The molecule has 19 heavy (non-hydrogen) atoms. The van der Waals surface area contributed by atoms with E-state index in [-0.39, 0.29) is 0 Å². The van der Waals surface area contributed by atoms with E-state index in [4.69, 9.17) is 9.47 Å². The molecule has 0 spiro atoms. The molecule has 3 atom stereocenters. The van der Waals surface area contributed by atoms with Crippen molar-refractivity contribution >= 4 is 15.9 Å². The van der Waals surface area contributed by atoms with Crippen LogP contribution in [0.25, 0.3) is 0 Å². The van der Waals surface area contributed by atoms with Gasteiger partial charge < -0.3 is 9.47 Å². The molecule has 0 aromatic rings. The third-order valence-electron chi connectivity index (χ3n) is 4.25. The Morgan fingerprint density at radius 3 is 2.84 bits per heavy atom. The lowest BCUT2D eigenvalue weighted by Gasteiger charge is -2.36. The summed E-state index contributed by atoms with van der Waals surface area (Å²) in [6.07, 6.45) is 10.6. The van der Waals surface area contributed by atoms with Crippen LogP contribution in [0.1, 0.15) is 33.1 Å². The van der Waals surface area contributed by atoms with Crippen molar-refractivity contribution in [2.24, 2.45) is 17.8 Å². The first kappa shape index (κ1) is 15.3. The number of halogens is 1. The summed E-state index contributed by atoms with van der Waals surface area (Å²) in [6.45, 7) is 6.89. The summed E-state index contributed by atoms with van der Waals surface area (Å²) in [7, 11) is 0. The van der Waals surface area contributed by atoms with Crippen LogP contribution in [0.15, 0.2) is 22.7 Å². The van der Waals surface area contributed by atoms with Crippen LogP contribution in [-0.4, -0.2) is 25.9 Å². The summed E-state index contributed by atoms with van der Waals surface area (Å²) in [5, 5.41) is 0. The van der Waals surface area contributed by atoms with E-state index in [1.54, 1.807) is 0 Å². The molecule has 0 radical (unpaired) electrons. The van der Waals surface area contributed by atoms with Gasteiger partial charge in [-0.05, 0) is 55.3 Å². The Bertz CT molecular complexity index is 332. The summed E-state index contributed by atoms with van der Waals surface area (Å²) in [5.74, 6) is 1.95. The summed E-state index contributed by atoms with van der Waals surface area (Å²) in [4.78, 5) is 0. The Kier molecular flexibility index (Phi) is 6.11. The molecule has 2 unspecified atom stereocenters. The van der Waals surface area contributed by atoms with E-state index in [1.807, 2.05) is 0 Å². The Morgan fingerprint density at radius 2 is 2.16 bits per heavy atom. The van der Waals surface area contributed by atoms with Crippen molar-refractivity contribution in [1.82, 2.24) is 0 Å². The van der Waals surface area contributed by atoms with Crippen LogP contribution in [-0.2, 0) is 9.47 Å². The largest absolute Gasteiger partial charge is 0.381 e. The molecule has 0 N–H and O–H groups in total. The SMILES string of the molecule is CCOC(C)C[C@H]1C(Br)=CC=CC1C1CCOCC1. The summed E-state index contributed by atoms with van der Waals surface area (Å²) in [5.41, 5.74) is 0. The summed E-state index contributed by atoms with van der Waals surface area (Å²) >= 11 is 3.76. The van der Waals surface area contributed by atoms with Crippen LogP contribution in [0, 0.1) is 17.8 Å². The van der Waals surface area contributed by atoms with Crippen molar-refractivity contribution in [3.05, 3.63) is 22.7 Å². The van der Waals surface area contributed by atoms with Crippen molar-refractivity contribution < 1.29 is 9.47 Å². The average Bonchev–Trinajstić information content (AvgIpc) is 2.42. The lowest BCUT2D eigenvalue weighted by Crippen LogP contribution is -2.31. The van der Waals surface area contributed by atoms with Gasteiger partial charge in [0, 0.05) is 19.8 Å². The fourth-order valence-electron chi connectivity index (χ4n) is 3.28. The second-order valence-electron chi connectivity index (χ2n) is 5.57. The van der Waals surface area contributed by atoms with E-state index < -0.39 is 0 Å². The molecule has 1 aliphatic carbocycles. The molecule has 3 heteroatoms. The zero-order chi connectivity index (χ0) is 13.7. The molecule has 1 heterocycles. The van der Waals surface area contributed by atoms with Crippen LogP contribution >= 0.6 is 15.9 Å². The first-order valence-electron chi connectivity index (χ1n) is 7.45. The van der Waals surface area contributed by atoms with E-state index in [9.17, 15) is 0 Å². The number of rotatable bonds is 5. The Balaban J connectivity index is 2.02. The average molecular weight is 329 g/mol. The molecule has 0 amide bonds. The highest BCUT2D eigenvalue weighted by molar-refractivity contribution is 9.11. The molecule has 2 rings (SSSR count). The third-order valence-corrected chi connectivity index (χ3v) is 5.11. The number of hydrogen-bond donors (Lipinski definition) is 0. The second kappa shape index (κ2) is 7.61. The highest BCUT2D eigenvalue weighted by Gasteiger charge is 2.32. The second-order valence-corrected chi connectivity index (χ2v) is 6.49. The van der Waals surface area contributed by atoms with Crippen LogP contribution in [0.2, 0.25) is 0 Å². The minimum Gasteiger partial charge on any atom is -0.381 e.